The summed E-state index contributed by atoms with van der Waals surface area (Å²) in [5.41, 5.74) is 5.61. The van der Waals surface area contributed by atoms with Crippen molar-refractivity contribution in [1.82, 2.24) is 4.90 Å². The Balaban J connectivity index is 2.99. The van der Waals surface area contributed by atoms with Gasteiger partial charge in [0.1, 0.15) is 5.60 Å². The zero-order valence-electron chi connectivity index (χ0n) is 11.9. The first-order chi connectivity index (χ1) is 8.67. The summed E-state index contributed by atoms with van der Waals surface area (Å²) in [6.07, 6.45) is 0.351. The Morgan fingerprint density at radius 2 is 2.05 bits per heavy atom. The lowest BCUT2D eigenvalue weighted by Crippen LogP contribution is -2.49. The van der Waals surface area contributed by atoms with Gasteiger partial charge in [-0.2, -0.15) is 0 Å². The zero-order chi connectivity index (χ0) is 14.8. The van der Waals surface area contributed by atoms with Gasteiger partial charge in [-0.25, -0.2) is 9.59 Å². The van der Waals surface area contributed by atoms with Gasteiger partial charge in [-0.3, -0.25) is 0 Å². The summed E-state index contributed by atoms with van der Waals surface area (Å²) in [5, 5.41) is 9.23. The second-order valence-electron chi connectivity index (χ2n) is 5.59. The molecule has 0 aromatic rings. The van der Waals surface area contributed by atoms with Gasteiger partial charge in [0.05, 0.1) is 11.6 Å². The molecule has 3 N–H and O–H groups in total. The molecule has 1 amide bonds. The minimum absolute atomic E-state index is 0.111. The van der Waals surface area contributed by atoms with Gasteiger partial charge in [0.15, 0.2) is 0 Å². The smallest absolute Gasteiger partial charge is 0.410 e. The first kappa shape index (κ1) is 15.3. The standard InChI is InChI=1S/C13H22N2O4/c1-5-9-10(11(16)17)8(14)6-7-15(9)12(18)19-13(2,3)4/h9H,5-7,14H2,1-4H3,(H,16,17). The van der Waals surface area contributed by atoms with E-state index >= 15 is 0 Å². The highest BCUT2D eigenvalue weighted by Crippen LogP contribution is 2.25. The molecule has 0 spiro atoms. The van der Waals surface area contributed by atoms with Crippen molar-refractivity contribution in [2.45, 2.75) is 52.2 Å². The average Bonchev–Trinajstić information content (AvgIpc) is 2.25. The van der Waals surface area contributed by atoms with Crippen LogP contribution >= 0.6 is 0 Å². The number of carbonyl (C=O) groups is 2. The predicted octanol–water partition coefficient (Wildman–Crippen LogP) is 1.70. The third-order valence-corrected chi connectivity index (χ3v) is 2.92. The van der Waals surface area contributed by atoms with Gasteiger partial charge in [0.25, 0.3) is 0 Å². The molecule has 0 saturated carbocycles. The van der Waals surface area contributed by atoms with Crippen LogP contribution in [0.2, 0.25) is 0 Å². The van der Waals surface area contributed by atoms with Crippen molar-refractivity contribution in [2.24, 2.45) is 5.73 Å². The Labute approximate surface area is 113 Å². The summed E-state index contributed by atoms with van der Waals surface area (Å²) in [7, 11) is 0. The molecule has 108 valence electrons. The first-order valence-corrected chi connectivity index (χ1v) is 6.38. The monoisotopic (exact) mass is 270 g/mol. The lowest BCUT2D eigenvalue weighted by molar-refractivity contribution is -0.133. The summed E-state index contributed by atoms with van der Waals surface area (Å²) in [6, 6.07) is -0.527. The maximum Gasteiger partial charge on any atom is 0.410 e. The number of rotatable bonds is 2. The fraction of sp³-hybridized carbons (Fsp3) is 0.692. The molecule has 0 bridgehead atoms. The number of aliphatic carboxylic acids is 1. The largest absolute Gasteiger partial charge is 0.478 e. The van der Waals surface area contributed by atoms with Crippen LogP contribution in [0.4, 0.5) is 4.79 Å². The molecule has 6 nitrogen and oxygen atoms in total. The van der Waals surface area contributed by atoms with Crippen LogP contribution in [0.5, 0.6) is 0 Å². The number of carbonyl (C=O) groups excluding carboxylic acids is 1. The number of ether oxygens (including phenoxy) is 1. The van der Waals surface area contributed by atoms with Crippen molar-refractivity contribution in [2.75, 3.05) is 6.54 Å². The van der Waals surface area contributed by atoms with E-state index in [0.29, 0.717) is 25.1 Å². The second kappa shape index (κ2) is 5.50. The fourth-order valence-electron chi connectivity index (χ4n) is 2.14. The topological polar surface area (TPSA) is 92.9 Å². The van der Waals surface area contributed by atoms with Crippen LogP contribution in [0.3, 0.4) is 0 Å². The van der Waals surface area contributed by atoms with Crippen molar-refractivity contribution in [3.8, 4) is 0 Å². The SMILES string of the molecule is CCC1C(C(=O)O)=C(N)CCN1C(=O)OC(C)(C)C. The van der Waals surface area contributed by atoms with E-state index in [1.54, 1.807) is 20.8 Å². The molecule has 0 fully saturated rings. The van der Waals surface area contributed by atoms with Gasteiger partial charge < -0.3 is 20.5 Å². The van der Waals surface area contributed by atoms with Crippen molar-refractivity contribution in [3.05, 3.63) is 11.3 Å². The summed E-state index contributed by atoms with van der Waals surface area (Å²) >= 11 is 0. The van der Waals surface area contributed by atoms with E-state index in [4.69, 9.17) is 10.5 Å². The molecule has 1 aliphatic heterocycles. The number of nitrogens with two attached hydrogens (primary N) is 1. The molecule has 0 aromatic heterocycles. The van der Waals surface area contributed by atoms with Gasteiger partial charge in [0.2, 0.25) is 0 Å². The summed E-state index contributed by atoms with van der Waals surface area (Å²) in [5.74, 6) is -1.07. The molecule has 0 saturated heterocycles. The van der Waals surface area contributed by atoms with E-state index in [2.05, 4.69) is 0 Å². The highest BCUT2D eigenvalue weighted by Gasteiger charge is 2.36. The molecular weight excluding hydrogens is 248 g/mol. The molecule has 0 aliphatic carbocycles. The molecule has 1 heterocycles. The lowest BCUT2D eigenvalue weighted by Gasteiger charge is -2.37. The number of carboxylic acids is 1. The maximum absolute atomic E-state index is 12.1. The van der Waals surface area contributed by atoms with Crippen molar-refractivity contribution < 1.29 is 19.4 Å². The molecule has 1 atom stereocenters. The second-order valence-corrected chi connectivity index (χ2v) is 5.59. The fourth-order valence-corrected chi connectivity index (χ4v) is 2.14. The molecule has 19 heavy (non-hydrogen) atoms. The highest BCUT2D eigenvalue weighted by molar-refractivity contribution is 5.90. The maximum atomic E-state index is 12.1. The molecule has 1 aliphatic rings. The van der Waals surface area contributed by atoms with E-state index in [1.807, 2.05) is 6.92 Å². The Morgan fingerprint density at radius 3 is 2.47 bits per heavy atom. The Kier molecular flexibility index (Phi) is 4.44. The molecule has 1 unspecified atom stereocenters. The Morgan fingerprint density at radius 1 is 1.47 bits per heavy atom. The Bertz CT molecular complexity index is 409. The number of amides is 1. The predicted molar refractivity (Wildman–Crippen MR) is 70.5 cm³/mol. The zero-order valence-corrected chi connectivity index (χ0v) is 11.9. The van der Waals surface area contributed by atoms with Crippen LogP contribution in [-0.2, 0) is 9.53 Å². The van der Waals surface area contributed by atoms with Crippen molar-refractivity contribution in [1.29, 1.82) is 0 Å². The van der Waals surface area contributed by atoms with E-state index in [1.165, 1.54) is 4.90 Å². The van der Waals surface area contributed by atoms with E-state index in [-0.39, 0.29) is 5.57 Å². The van der Waals surface area contributed by atoms with Crippen LogP contribution in [-0.4, -0.2) is 40.3 Å². The van der Waals surface area contributed by atoms with Crippen molar-refractivity contribution in [3.63, 3.8) is 0 Å². The minimum Gasteiger partial charge on any atom is -0.478 e. The third kappa shape index (κ3) is 3.62. The summed E-state index contributed by atoms with van der Waals surface area (Å²) in [6.45, 7) is 7.54. The van der Waals surface area contributed by atoms with Crippen LogP contribution in [0.25, 0.3) is 0 Å². The normalized spacial score (nSPS) is 20.4. The minimum atomic E-state index is -1.07. The molecule has 6 heteroatoms. The van der Waals surface area contributed by atoms with Gasteiger partial charge in [-0.15, -0.1) is 0 Å². The summed E-state index contributed by atoms with van der Waals surface area (Å²) in [4.78, 5) is 24.8. The van der Waals surface area contributed by atoms with Gasteiger partial charge >= 0.3 is 12.1 Å². The van der Waals surface area contributed by atoms with Crippen molar-refractivity contribution >= 4 is 12.1 Å². The third-order valence-electron chi connectivity index (χ3n) is 2.92. The number of hydrogen-bond donors (Lipinski definition) is 2. The van der Waals surface area contributed by atoms with E-state index in [0.717, 1.165) is 0 Å². The van der Waals surface area contributed by atoms with Crippen LogP contribution < -0.4 is 5.73 Å². The molecule has 0 aromatic carbocycles. The molecule has 0 radical (unpaired) electrons. The Hall–Kier alpha value is -1.72. The summed E-state index contributed by atoms with van der Waals surface area (Å²) < 4.78 is 5.30. The quantitative estimate of drug-likeness (QED) is 0.796. The molecular formula is C13H22N2O4. The van der Waals surface area contributed by atoms with Crippen LogP contribution in [0, 0.1) is 0 Å². The molecule has 1 rings (SSSR count). The van der Waals surface area contributed by atoms with Crippen LogP contribution in [0.15, 0.2) is 11.3 Å². The average molecular weight is 270 g/mol. The van der Waals surface area contributed by atoms with Crippen LogP contribution in [0.1, 0.15) is 40.5 Å². The highest BCUT2D eigenvalue weighted by atomic mass is 16.6. The lowest BCUT2D eigenvalue weighted by atomic mass is 9.95. The van der Waals surface area contributed by atoms with Gasteiger partial charge in [-0.1, -0.05) is 6.92 Å². The van der Waals surface area contributed by atoms with E-state index < -0.39 is 23.7 Å². The van der Waals surface area contributed by atoms with E-state index in [9.17, 15) is 14.7 Å². The number of carboxylic acid groups (broad SMARTS) is 1. The number of nitrogens with zero attached hydrogens (tertiary/aromatic N) is 1. The van der Waals surface area contributed by atoms with Gasteiger partial charge in [-0.05, 0) is 27.2 Å². The first-order valence-electron chi connectivity index (χ1n) is 6.38. The number of hydrogen-bond acceptors (Lipinski definition) is 4. The van der Waals surface area contributed by atoms with Gasteiger partial charge in [0, 0.05) is 18.7 Å².